The Morgan fingerprint density at radius 2 is 2.04 bits per heavy atom. The molecule has 0 atom stereocenters. The van der Waals surface area contributed by atoms with Gasteiger partial charge in [0, 0.05) is 25.1 Å². The summed E-state index contributed by atoms with van der Waals surface area (Å²) in [4.78, 5) is 12.3. The lowest BCUT2D eigenvalue weighted by molar-refractivity contribution is 0.184. The molecular formula is C18H22N4O3. The second-order valence-electron chi connectivity index (χ2n) is 5.60. The summed E-state index contributed by atoms with van der Waals surface area (Å²) in [7, 11) is 3.26. The van der Waals surface area contributed by atoms with Gasteiger partial charge in [0.05, 0.1) is 38.3 Å². The first-order chi connectivity index (χ1) is 12.2. The number of aliphatic imine (C=N–C) groups is 1. The number of aromatic amines is 1. The van der Waals surface area contributed by atoms with E-state index in [1.165, 1.54) is 0 Å². The third-order valence-electron chi connectivity index (χ3n) is 3.92. The van der Waals surface area contributed by atoms with Crippen molar-refractivity contribution in [3.05, 3.63) is 48.0 Å². The van der Waals surface area contributed by atoms with E-state index in [4.69, 9.17) is 9.47 Å². The van der Waals surface area contributed by atoms with Crippen LogP contribution in [0.5, 0.6) is 5.88 Å². The molecule has 0 bridgehead atoms. The van der Waals surface area contributed by atoms with Gasteiger partial charge >= 0.3 is 0 Å². The Kier molecular flexibility index (Phi) is 5.47. The second kappa shape index (κ2) is 7.96. The molecule has 1 aromatic carbocycles. The molecule has 3 rings (SSSR count). The molecule has 25 heavy (non-hydrogen) atoms. The van der Waals surface area contributed by atoms with Crippen molar-refractivity contribution in [1.82, 2.24) is 14.5 Å². The number of fused-ring (bicyclic) bond motifs is 1. The quantitative estimate of drug-likeness (QED) is 0.485. The molecule has 0 aliphatic heterocycles. The van der Waals surface area contributed by atoms with Crippen molar-refractivity contribution in [2.75, 3.05) is 34.0 Å². The average Bonchev–Trinajstić information content (AvgIpc) is 3.21. The van der Waals surface area contributed by atoms with E-state index in [9.17, 15) is 5.11 Å². The van der Waals surface area contributed by atoms with Gasteiger partial charge in [0.1, 0.15) is 5.71 Å². The topological polar surface area (TPSA) is 84.7 Å². The maximum atomic E-state index is 10.5. The zero-order valence-electron chi connectivity index (χ0n) is 14.4. The van der Waals surface area contributed by atoms with Crippen molar-refractivity contribution in [1.29, 1.82) is 0 Å². The first-order valence-corrected chi connectivity index (χ1v) is 8.09. The van der Waals surface area contributed by atoms with Crippen LogP contribution in [0, 0.1) is 0 Å². The minimum Gasteiger partial charge on any atom is -0.493 e. The number of nitrogens with one attached hydrogen (secondary N) is 1. The van der Waals surface area contributed by atoms with Gasteiger partial charge in [-0.05, 0) is 12.1 Å². The van der Waals surface area contributed by atoms with Crippen LogP contribution < -0.4 is 0 Å². The molecule has 0 radical (unpaired) electrons. The van der Waals surface area contributed by atoms with E-state index < -0.39 is 0 Å². The molecule has 2 aromatic heterocycles. The number of hydrogen-bond donors (Lipinski definition) is 2. The molecule has 132 valence electrons. The van der Waals surface area contributed by atoms with Gasteiger partial charge in [-0.15, -0.1) is 0 Å². The number of benzene rings is 1. The number of methoxy groups -OCH3 is 2. The maximum absolute atomic E-state index is 10.5. The monoisotopic (exact) mass is 342 g/mol. The van der Waals surface area contributed by atoms with Crippen LogP contribution in [0.4, 0.5) is 0 Å². The first-order valence-electron chi connectivity index (χ1n) is 8.09. The zero-order chi connectivity index (χ0) is 17.6. The van der Waals surface area contributed by atoms with Gasteiger partial charge in [0.25, 0.3) is 0 Å². The molecule has 7 nitrogen and oxygen atoms in total. The van der Waals surface area contributed by atoms with Crippen molar-refractivity contribution in [2.45, 2.75) is 6.54 Å². The Balaban J connectivity index is 2.00. The summed E-state index contributed by atoms with van der Waals surface area (Å²) in [5.74, 6) is 0.0758. The lowest BCUT2D eigenvalue weighted by atomic mass is 10.2. The van der Waals surface area contributed by atoms with E-state index in [0.717, 1.165) is 16.6 Å². The van der Waals surface area contributed by atoms with Crippen LogP contribution >= 0.6 is 0 Å². The third-order valence-corrected chi connectivity index (χ3v) is 3.92. The Bertz CT molecular complexity index is 833. The van der Waals surface area contributed by atoms with Crippen molar-refractivity contribution >= 4 is 16.6 Å². The highest BCUT2D eigenvalue weighted by Gasteiger charge is 2.19. The lowest BCUT2D eigenvalue weighted by Crippen LogP contribution is -2.08. The second-order valence-corrected chi connectivity index (χ2v) is 5.60. The molecule has 0 spiro atoms. The summed E-state index contributed by atoms with van der Waals surface area (Å²) in [5, 5.41) is 11.6. The predicted molar refractivity (Wildman–Crippen MR) is 96.4 cm³/mol. The van der Waals surface area contributed by atoms with E-state index in [-0.39, 0.29) is 5.88 Å². The number of aromatic hydroxyl groups is 1. The fourth-order valence-corrected chi connectivity index (χ4v) is 2.63. The van der Waals surface area contributed by atoms with Gasteiger partial charge in [-0.25, -0.2) is 4.98 Å². The minimum absolute atomic E-state index is 0.0758. The van der Waals surface area contributed by atoms with E-state index in [1.54, 1.807) is 25.1 Å². The van der Waals surface area contributed by atoms with Crippen molar-refractivity contribution < 1.29 is 14.6 Å². The number of rotatable bonds is 8. The summed E-state index contributed by atoms with van der Waals surface area (Å²) < 4.78 is 11.8. The van der Waals surface area contributed by atoms with Gasteiger partial charge in [-0.3, -0.25) is 9.56 Å². The van der Waals surface area contributed by atoms with Gasteiger partial charge in [0.2, 0.25) is 5.88 Å². The van der Waals surface area contributed by atoms with Gasteiger partial charge in [-0.2, -0.15) is 0 Å². The van der Waals surface area contributed by atoms with E-state index >= 15 is 0 Å². The summed E-state index contributed by atoms with van der Waals surface area (Å²) in [6.07, 6.45) is 1.60. The van der Waals surface area contributed by atoms with Crippen LogP contribution in [0.3, 0.4) is 0 Å². The van der Waals surface area contributed by atoms with Crippen molar-refractivity contribution in [3.8, 4) is 5.88 Å². The molecule has 0 saturated carbocycles. The number of imidazole rings is 1. The van der Waals surface area contributed by atoms with Crippen molar-refractivity contribution in [2.24, 2.45) is 4.99 Å². The lowest BCUT2D eigenvalue weighted by Gasteiger charge is -2.06. The SMILES string of the molecule is COCCN=C(c1cc2ccccc2[nH]1)c1ncn(CCOC)c1O. The predicted octanol–water partition coefficient (Wildman–Crippen LogP) is 2.20. The number of aromatic nitrogens is 3. The van der Waals surface area contributed by atoms with Crippen LogP contribution in [0.25, 0.3) is 10.9 Å². The molecule has 0 aliphatic rings. The average molecular weight is 342 g/mol. The zero-order valence-corrected chi connectivity index (χ0v) is 14.4. The van der Waals surface area contributed by atoms with Crippen LogP contribution in [0.1, 0.15) is 11.4 Å². The van der Waals surface area contributed by atoms with Crippen LogP contribution in [0.15, 0.2) is 41.7 Å². The highest BCUT2D eigenvalue weighted by atomic mass is 16.5. The third kappa shape index (κ3) is 3.72. The fraction of sp³-hybridized carbons (Fsp3) is 0.333. The first kappa shape index (κ1) is 17.2. The van der Waals surface area contributed by atoms with Crippen molar-refractivity contribution in [3.63, 3.8) is 0 Å². The summed E-state index contributed by atoms with van der Waals surface area (Å²) >= 11 is 0. The molecule has 2 N–H and O–H groups in total. The molecule has 0 aliphatic carbocycles. The highest BCUT2D eigenvalue weighted by molar-refractivity contribution is 6.13. The van der Waals surface area contributed by atoms with Crippen LogP contribution in [-0.4, -0.2) is 59.3 Å². The molecule has 0 fully saturated rings. The summed E-state index contributed by atoms with van der Waals surface area (Å²) in [6, 6.07) is 10.00. The summed E-state index contributed by atoms with van der Waals surface area (Å²) in [5.41, 5.74) is 2.88. The standard InChI is InChI=1S/C18H22N4O3/c1-24-9-7-19-16(15-11-13-5-3-4-6-14(13)21-15)17-18(23)22(12-20-17)8-10-25-2/h3-6,11-12,21,23H,7-10H2,1-2H3. The Morgan fingerprint density at radius 1 is 1.24 bits per heavy atom. The van der Waals surface area contributed by atoms with Crippen LogP contribution in [-0.2, 0) is 16.0 Å². The van der Waals surface area contributed by atoms with E-state index in [0.29, 0.717) is 37.7 Å². The Hall–Kier alpha value is -2.64. The summed E-state index contributed by atoms with van der Waals surface area (Å²) in [6.45, 7) is 1.99. The molecule has 0 amide bonds. The largest absolute Gasteiger partial charge is 0.493 e. The fourth-order valence-electron chi connectivity index (χ4n) is 2.63. The molecular weight excluding hydrogens is 320 g/mol. The number of H-pyrrole nitrogens is 1. The maximum Gasteiger partial charge on any atom is 0.221 e. The Labute approximate surface area is 145 Å². The normalized spacial score (nSPS) is 12.2. The van der Waals surface area contributed by atoms with Gasteiger partial charge in [0.15, 0.2) is 5.69 Å². The number of nitrogens with zero attached hydrogens (tertiary/aromatic N) is 3. The molecule has 7 heteroatoms. The van der Waals surface area contributed by atoms with Gasteiger partial charge in [-0.1, -0.05) is 18.2 Å². The number of ether oxygens (including phenoxy) is 2. The molecule has 0 unspecified atom stereocenters. The minimum atomic E-state index is 0.0758. The number of para-hydroxylation sites is 1. The van der Waals surface area contributed by atoms with Crippen LogP contribution in [0.2, 0.25) is 0 Å². The smallest absolute Gasteiger partial charge is 0.221 e. The molecule has 3 aromatic rings. The highest BCUT2D eigenvalue weighted by Crippen LogP contribution is 2.23. The molecule has 2 heterocycles. The van der Waals surface area contributed by atoms with E-state index in [2.05, 4.69) is 15.0 Å². The van der Waals surface area contributed by atoms with Gasteiger partial charge < -0.3 is 19.6 Å². The molecule has 0 saturated heterocycles. The number of hydrogen-bond acceptors (Lipinski definition) is 5. The van der Waals surface area contributed by atoms with E-state index in [1.807, 2.05) is 30.3 Å². The Morgan fingerprint density at radius 3 is 2.80 bits per heavy atom.